The summed E-state index contributed by atoms with van der Waals surface area (Å²) in [6.07, 6.45) is 1.94. The Labute approximate surface area is 95.4 Å². The molecule has 3 nitrogen and oxygen atoms in total. The highest BCUT2D eigenvalue weighted by molar-refractivity contribution is 5.89. The average molecular weight is 220 g/mol. The zero-order valence-electron chi connectivity index (χ0n) is 9.39. The van der Waals surface area contributed by atoms with Gasteiger partial charge >= 0.3 is 5.97 Å². The smallest absolute Gasteiger partial charge is 0.338 e. The summed E-state index contributed by atoms with van der Waals surface area (Å²) in [5, 5.41) is 0. The lowest BCUT2D eigenvalue weighted by Crippen LogP contribution is -2.18. The van der Waals surface area contributed by atoms with Gasteiger partial charge in [0.2, 0.25) is 0 Å². The first-order valence-corrected chi connectivity index (χ1v) is 5.67. The van der Waals surface area contributed by atoms with Gasteiger partial charge in [0.15, 0.2) is 0 Å². The van der Waals surface area contributed by atoms with E-state index in [1.54, 1.807) is 12.1 Å². The van der Waals surface area contributed by atoms with Gasteiger partial charge in [-0.1, -0.05) is 25.1 Å². The Balaban J connectivity index is 1.89. The molecule has 16 heavy (non-hydrogen) atoms. The van der Waals surface area contributed by atoms with Crippen LogP contribution in [0.25, 0.3) is 0 Å². The van der Waals surface area contributed by atoms with Crippen molar-refractivity contribution in [1.29, 1.82) is 0 Å². The molecule has 0 unspecified atom stereocenters. The van der Waals surface area contributed by atoms with Crippen LogP contribution in [0.15, 0.2) is 30.3 Å². The Kier molecular flexibility index (Phi) is 3.57. The summed E-state index contributed by atoms with van der Waals surface area (Å²) in [5.74, 6) is -0.258. The molecule has 1 heterocycles. The molecule has 86 valence electrons. The highest BCUT2D eigenvalue weighted by Gasteiger charge is 2.27. The van der Waals surface area contributed by atoms with Crippen molar-refractivity contribution >= 4 is 5.97 Å². The van der Waals surface area contributed by atoms with Crippen molar-refractivity contribution in [3.8, 4) is 0 Å². The molecule has 1 fully saturated rings. The van der Waals surface area contributed by atoms with Gasteiger partial charge in [-0.2, -0.15) is 0 Å². The molecule has 0 spiro atoms. The van der Waals surface area contributed by atoms with Crippen molar-refractivity contribution in [1.82, 2.24) is 0 Å². The monoisotopic (exact) mass is 220 g/mol. The van der Waals surface area contributed by atoms with Gasteiger partial charge in [0, 0.05) is 6.42 Å². The van der Waals surface area contributed by atoms with E-state index in [1.165, 1.54) is 0 Å². The number of esters is 1. The van der Waals surface area contributed by atoms with Gasteiger partial charge in [-0.05, 0) is 18.6 Å². The first kappa shape index (κ1) is 11.1. The van der Waals surface area contributed by atoms with E-state index >= 15 is 0 Å². The zero-order valence-corrected chi connectivity index (χ0v) is 9.39. The number of rotatable bonds is 3. The van der Waals surface area contributed by atoms with Crippen molar-refractivity contribution < 1.29 is 14.3 Å². The SMILES string of the molecule is CC[C@H]1C[C@H](OC(=O)c2ccccc2)CO1. The second-order valence-electron chi connectivity index (χ2n) is 3.99. The van der Waals surface area contributed by atoms with E-state index in [4.69, 9.17) is 9.47 Å². The maximum Gasteiger partial charge on any atom is 0.338 e. The van der Waals surface area contributed by atoms with E-state index in [-0.39, 0.29) is 18.2 Å². The first-order valence-electron chi connectivity index (χ1n) is 5.67. The van der Waals surface area contributed by atoms with Crippen LogP contribution in [0.2, 0.25) is 0 Å². The van der Waals surface area contributed by atoms with Crippen molar-refractivity contribution in [2.75, 3.05) is 6.61 Å². The Bertz CT molecular complexity index is 347. The van der Waals surface area contributed by atoms with Crippen LogP contribution in [0.1, 0.15) is 30.1 Å². The fraction of sp³-hybridized carbons (Fsp3) is 0.462. The molecule has 0 bridgehead atoms. The summed E-state index contributed by atoms with van der Waals surface area (Å²) in [6.45, 7) is 2.60. The Hall–Kier alpha value is -1.35. The van der Waals surface area contributed by atoms with Crippen LogP contribution in [0.3, 0.4) is 0 Å². The highest BCUT2D eigenvalue weighted by atomic mass is 16.6. The minimum Gasteiger partial charge on any atom is -0.456 e. The van der Waals surface area contributed by atoms with Crippen LogP contribution in [0, 0.1) is 0 Å². The molecule has 2 rings (SSSR count). The maximum absolute atomic E-state index is 11.7. The second kappa shape index (κ2) is 5.12. The maximum atomic E-state index is 11.7. The lowest BCUT2D eigenvalue weighted by Gasteiger charge is -2.10. The molecule has 0 N–H and O–H groups in total. The van der Waals surface area contributed by atoms with E-state index in [1.807, 2.05) is 18.2 Å². The normalized spacial score (nSPS) is 24.3. The largest absolute Gasteiger partial charge is 0.456 e. The van der Waals surface area contributed by atoms with Crippen molar-refractivity contribution in [3.05, 3.63) is 35.9 Å². The number of benzene rings is 1. The summed E-state index contributed by atoms with van der Waals surface area (Å²) >= 11 is 0. The average Bonchev–Trinajstić information content (AvgIpc) is 2.78. The van der Waals surface area contributed by atoms with Crippen LogP contribution < -0.4 is 0 Å². The lowest BCUT2D eigenvalue weighted by molar-refractivity contribution is 0.0254. The highest BCUT2D eigenvalue weighted by Crippen LogP contribution is 2.19. The second-order valence-corrected chi connectivity index (χ2v) is 3.99. The fourth-order valence-electron chi connectivity index (χ4n) is 1.83. The van der Waals surface area contributed by atoms with Gasteiger partial charge < -0.3 is 9.47 Å². The third kappa shape index (κ3) is 2.61. The van der Waals surface area contributed by atoms with Crippen LogP contribution in [-0.4, -0.2) is 24.8 Å². The first-order chi connectivity index (χ1) is 7.79. The molecule has 2 atom stereocenters. The van der Waals surface area contributed by atoms with Crippen molar-refractivity contribution in [2.24, 2.45) is 0 Å². The Morgan fingerprint density at radius 2 is 2.19 bits per heavy atom. The third-order valence-electron chi connectivity index (χ3n) is 2.78. The van der Waals surface area contributed by atoms with Gasteiger partial charge in [-0.25, -0.2) is 4.79 Å². The molecular formula is C13H16O3. The minimum absolute atomic E-state index is 0.0855. The van der Waals surface area contributed by atoms with E-state index in [2.05, 4.69) is 6.92 Å². The van der Waals surface area contributed by atoms with Crippen LogP contribution in [-0.2, 0) is 9.47 Å². The van der Waals surface area contributed by atoms with Crippen molar-refractivity contribution in [2.45, 2.75) is 32.0 Å². The zero-order chi connectivity index (χ0) is 11.4. The predicted molar refractivity (Wildman–Crippen MR) is 60.3 cm³/mol. The topological polar surface area (TPSA) is 35.5 Å². The number of carbonyl (C=O) groups is 1. The Morgan fingerprint density at radius 1 is 1.44 bits per heavy atom. The Morgan fingerprint density at radius 3 is 2.81 bits per heavy atom. The summed E-state index contributed by atoms with van der Waals surface area (Å²) < 4.78 is 10.8. The summed E-state index contributed by atoms with van der Waals surface area (Å²) in [5.41, 5.74) is 0.599. The van der Waals surface area contributed by atoms with E-state index < -0.39 is 0 Å². The third-order valence-corrected chi connectivity index (χ3v) is 2.78. The molecule has 1 aliphatic rings. The number of hydrogen-bond acceptors (Lipinski definition) is 3. The summed E-state index contributed by atoms with van der Waals surface area (Å²) in [4.78, 5) is 11.7. The molecular weight excluding hydrogens is 204 g/mol. The molecule has 0 aliphatic carbocycles. The van der Waals surface area contributed by atoms with Gasteiger partial charge in [0.05, 0.1) is 18.3 Å². The van der Waals surface area contributed by atoms with Crippen molar-refractivity contribution in [3.63, 3.8) is 0 Å². The minimum atomic E-state index is -0.258. The molecule has 0 aromatic heterocycles. The quantitative estimate of drug-likeness (QED) is 0.734. The molecule has 1 aliphatic heterocycles. The summed E-state index contributed by atoms with van der Waals surface area (Å²) in [7, 11) is 0. The number of ether oxygens (including phenoxy) is 2. The van der Waals surface area contributed by atoms with E-state index in [0.717, 1.165) is 12.8 Å². The standard InChI is InChI=1S/C13H16O3/c1-2-11-8-12(9-15-11)16-13(14)10-6-4-3-5-7-10/h3-7,11-12H,2,8-9H2,1H3/t11-,12-/m0/s1. The van der Waals surface area contributed by atoms with Gasteiger partial charge in [0.25, 0.3) is 0 Å². The molecule has 0 amide bonds. The molecule has 1 aromatic rings. The lowest BCUT2D eigenvalue weighted by atomic mass is 10.1. The molecule has 3 heteroatoms. The molecule has 1 aromatic carbocycles. The van der Waals surface area contributed by atoms with Gasteiger partial charge in [-0.3, -0.25) is 0 Å². The number of carbonyl (C=O) groups excluding carboxylic acids is 1. The van der Waals surface area contributed by atoms with Gasteiger partial charge in [-0.15, -0.1) is 0 Å². The molecule has 0 radical (unpaired) electrons. The summed E-state index contributed by atoms with van der Waals surface area (Å²) in [6, 6.07) is 9.06. The predicted octanol–water partition coefficient (Wildman–Crippen LogP) is 2.41. The van der Waals surface area contributed by atoms with E-state index in [9.17, 15) is 4.79 Å². The van der Waals surface area contributed by atoms with Gasteiger partial charge in [0.1, 0.15) is 6.10 Å². The van der Waals surface area contributed by atoms with Crippen LogP contribution in [0.5, 0.6) is 0 Å². The molecule has 1 saturated heterocycles. The van der Waals surface area contributed by atoms with E-state index in [0.29, 0.717) is 12.2 Å². The molecule has 0 saturated carbocycles. The number of hydrogen-bond donors (Lipinski definition) is 0. The van der Waals surface area contributed by atoms with Crippen LogP contribution in [0.4, 0.5) is 0 Å². The fourth-order valence-corrected chi connectivity index (χ4v) is 1.83. The van der Waals surface area contributed by atoms with Crippen LogP contribution >= 0.6 is 0 Å².